The Hall–Kier alpha value is -2.61. The Labute approximate surface area is 179 Å². The van der Waals surface area contributed by atoms with Crippen molar-refractivity contribution in [2.24, 2.45) is 0 Å². The molecule has 0 aliphatic carbocycles. The molecule has 0 spiro atoms. The standard InChI is InChI=1S/C21H33N3O3.CH2O2/c1-4-27-20-10-6-5-8-17(20)9-7-13-22-21(26)14-18-11-12-19(24(18)3)15-23-16(2)25;2-1-3/h5-6,8,10,18-19H,4,7,9,11-15H2,1-3H3,(H,22,26)(H,23,25);1H,(H,2,3)/t18-,19+;/m0./s1. The van der Waals surface area contributed by atoms with Gasteiger partial charge in [0.1, 0.15) is 5.75 Å². The molecular formula is C22H35N3O5. The highest BCUT2D eigenvalue weighted by atomic mass is 16.5. The van der Waals surface area contributed by atoms with Gasteiger partial charge in [-0.15, -0.1) is 0 Å². The monoisotopic (exact) mass is 421 g/mol. The van der Waals surface area contributed by atoms with E-state index in [1.165, 1.54) is 12.5 Å². The number of carboxylic acid groups (broad SMARTS) is 1. The quantitative estimate of drug-likeness (QED) is 0.393. The van der Waals surface area contributed by atoms with Gasteiger partial charge in [-0.1, -0.05) is 18.2 Å². The number of likely N-dealkylation sites (N-methyl/N-ethyl adjacent to an activating group) is 1. The Morgan fingerprint density at radius 2 is 1.90 bits per heavy atom. The summed E-state index contributed by atoms with van der Waals surface area (Å²) in [5.74, 6) is 1.03. The lowest BCUT2D eigenvalue weighted by atomic mass is 10.1. The molecule has 1 heterocycles. The molecule has 30 heavy (non-hydrogen) atoms. The van der Waals surface area contributed by atoms with Gasteiger partial charge in [0.15, 0.2) is 0 Å². The highest BCUT2D eigenvalue weighted by Gasteiger charge is 2.31. The summed E-state index contributed by atoms with van der Waals surface area (Å²) in [6.45, 7) is 5.25. The average Bonchev–Trinajstić information content (AvgIpc) is 3.05. The molecular weight excluding hydrogens is 386 g/mol. The molecule has 0 unspecified atom stereocenters. The molecule has 3 N–H and O–H groups in total. The number of nitrogens with one attached hydrogen (secondary N) is 2. The van der Waals surface area contributed by atoms with E-state index in [2.05, 4.69) is 21.6 Å². The maximum atomic E-state index is 12.3. The van der Waals surface area contributed by atoms with Crippen LogP contribution in [0.25, 0.3) is 0 Å². The fourth-order valence-electron chi connectivity index (χ4n) is 3.64. The predicted molar refractivity (Wildman–Crippen MR) is 116 cm³/mol. The number of ether oxygens (including phenoxy) is 1. The molecule has 0 saturated carbocycles. The third-order valence-corrected chi connectivity index (χ3v) is 5.21. The van der Waals surface area contributed by atoms with E-state index in [1.807, 2.05) is 32.2 Å². The number of para-hydroxylation sites is 1. The molecule has 8 nitrogen and oxygen atoms in total. The molecule has 1 saturated heterocycles. The second kappa shape index (κ2) is 14.4. The molecule has 1 fully saturated rings. The van der Waals surface area contributed by atoms with Gasteiger partial charge in [-0.3, -0.25) is 19.3 Å². The second-order valence-electron chi connectivity index (χ2n) is 7.29. The number of hydrogen-bond donors (Lipinski definition) is 3. The number of nitrogens with zero attached hydrogens (tertiary/aromatic N) is 1. The maximum Gasteiger partial charge on any atom is 0.290 e. The highest BCUT2D eigenvalue weighted by Crippen LogP contribution is 2.24. The van der Waals surface area contributed by atoms with Crippen molar-refractivity contribution in [3.63, 3.8) is 0 Å². The molecule has 168 valence electrons. The van der Waals surface area contributed by atoms with E-state index in [0.29, 0.717) is 32.2 Å². The van der Waals surface area contributed by atoms with Crippen LogP contribution in [0.3, 0.4) is 0 Å². The average molecular weight is 422 g/mol. The zero-order valence-electron chi connectivity index (χ0n) is 18.2. The van der Waals surface area contributed by atoms with E-state index < -0.39 is 0 Å². The van der Waals surface area contributed by atoms with E-state index >= 15 is 0 Å². The van der Waals surface area contributed by atoms with Crippen molar-refractivity contribution in [1.29, 1.82) is 0 Å². The molecule has 1 aliphatic heterocycles. The first-order valence-electron chi connectivity index (χ1n) is 10.4. The molecule has 0 aromatic heterocycles. The zero-order chi connectivity index (χ0) is 22.4. The van der Waals surface area contributed by atoms with Crippen LogP contribution < -0.4 is 15.4 Å². The van der Waals surface area contributed by atoms with Crippen LogP contribution in [0.2, 0.25) is 0 Å². The summed E-state index contributed by atoms with van der Waals surface area (Å²) in [5, 5.41) is 12.8. The Balaban J connectivity index is 0.00000141. The lowest BCUT2D eigenvalue weighted by Crippen LogP contribution is -2.42. The van der Waals surface area contributed by atoms with Crippen LogP contribution in [0, 0.1) is 0 Å². The SMILES string of the molecule is CCOc1ccccc1CCCNC(=O)C[C@@H]1CC[C@H](CNC(C)=O)N1C.O=CO. The van der Waals surface area contributed by atoms with Crippen molar-refractivity contribution in [2.45, 2.75) is 58.0 Å². The Bertz CT molecular complexity index is 668. The van der Waals surface area contributed by atoms with Crippen molar-refractivity contribution in [3.8, 4) is 5.75 Å². The van der Waals surface area contributed by atoms with Crippen molar-refractivity contribution in [3.05, 3.63) is 29.8 Å². The van der Waals surface area contributed by atoms with Gasteiger partial charge in [-0.05, 0) is 51.3 Å². The van der Waals surface area contributed by atoms with Gasteiger partial charge in [0.05, 0.1) is 6.61 Å². The molecule has 8 heteroatoms. The maximum absolute atomic E-state index is 12.3. The van der Waals surface area contributed by atoms with E-state index in [4.69, 9.17) is 14.6 Å². The Morgan fingerprint density at radius 3 is 2.57 bits per heavy atom. The fraction of sp³-hybridized carbons (Fsp3) is 0.591. The summed E-state index contributed by atoms with van der Waals surface area (Å²) in [7, 11) is 2.04. The van der Waals surface area contributed by atoms with Gasteiger partial charge >= 0.3 is 0 Å². The van der Waals surface area contributed by atoms with Crippen molar-refractivity contribution in [2.75, 3.05) is 26.7 Å². The lowest BCUT2D eigenvalue weighted by Gasteiger charge is -2.25. The van der Waals surface area contributed by atoms with Crippen LogP contribution in [0.15, 0.2) is 24.3 Å². The largest absolute Gasteiger partial charge is 0.494 e. The predicted octanol–water partition coefficient (Wildman–Crippen LogP) is 1.82. The van der Waals surface area contributed by atoms with Gasteiger partial charge in [-0.2, -0.15) is 0 Å². The normalized spacial score (nSPS) is 18.1. The number of carbonyl (C=O) groups excluding carboxylic acids is 2. The van der Waals surface area contributed by atoms with Crippen LogP contribution in [0.4, 0.5) is 0 Å². The molecule has 2 rings (SSSR count). The van der Waals surface area contributed by atoms with Crippen LogP contribution in [0.5, 0.6) is 5.75 Å². The molecule has 0 radical (unpaired) electrons. The van der Waals surface area contributed by atoms with E-state index in [-0.39, 0.29) is 24.3 Å². The van der Waals surface area contributed by atoms with Gasteiger partial charge in [-0.25, -0.2) is 0 Å². The molecule has 2 amide bonds. The number of aryl methyl sites for hydroxylation is 1. The molecule has 0 bridgehead atoms. The summed E-state index contributed by atoms with van der Waals surface area (Å²) in [4.78, 5) is 33.9. The third-order valence-electron chi connectivity index (χ3n) is 5.21. The molecule has 1 aromatic carbocycles. The van der Waals surface area contributed by atoms with Crippen LogP contribution in [-0.4, -0.2) is 67.1 Å². The van der Waals surface area contributed by atoms with Gasteiger partial charge in [0, 0.05) is 38.5 Å². The number of rotatable bonds is 10. The minimum absolute atomic E-state index is 0.00416. The summed E-state index contributed by atoms with van der Waals surface area (Å²) < 4.78 is 5.64. The zero-order valence-corrected chi connectivity index (χ0v) is 18.2. The lowest BCUT2D eigenvalue weighted by molar-refractivity contribution is -0.123. The Morgan fingerprint density at radius 1 is 1.23 bits per heavy atom. The van der Waals surface area contributed by atoms with Crippen molar-refractivity contribution < 1.29 is 24.2 Å². The molecule has 1 aliphatic rings. The van der Waals surface area contributed by atoms with Gasteiger partial charge < -0.3 is 20.5 Å². The van der Waals surface area contributed by atoms with Crippen molar-refractivity contribution >= 4 is 18.3 Å². The van der Waals surface area contributed by atoms with Crippen LogP contribution >= 0.6 is 0 Å². The summed E-state index contributed by atoms with van der Waals surface area (Å²) in [5.41, 5.74) is 1.19. The fourth-order valence-corrected chi connectivity index (χ4v) is 3.64. The van der Waals surface area contributed by atoms with E-state index in [1.54, 1.807) is 0 Å². The number of carbonyl (C=O) groups is 3. The molecule has 2 atom stereocenters. The van der Waals surface area contributed by atoms with Crippen molar-refractivity contribution in [1.82, 2.24) is 15.5 Å². The third kappa shape index (κ3) is 9.26. The summed E-state index contributed by atoms with van der Waals surface area (Å²) in [6, 6.07) is 8.64. The minimum Gasteiger partial charge on any atom is -0.494 e. The van der Waals surface area contributed by atoms with E-state index in [9.17, 15) is 9.59 Å². The summed E-state index contributed by atoms with van der Waals surface area (Å²) in [6.07, 6.45) is 4.31. The Kier molecular flexibility index (Phi) is 12.2. The van der Waals surface area contributed by atoms with Gasteiger partial charge in [0.25, 0.3) is 6.47 Å². The number of amides is 2. The molecule has 1 aromatic rings. The second-order valence-corrected chi connectivity index (χ2v) is 7.29. The summed E-state index contributed by atoms with van der Waals surface area (Å²) >= 11 is 0. The van der Waals surface area contributed by atoms with E-state index in [0.717, 1.165) is 31.4 Å². The smallest absolute Gasteiger partial charge is 0.290 e. The first-order chi connectivity index (χ1) is 14.4. The number of likely N-dealkylation sites (tertiary alicyclic amines) is 1. The number of benzene rings is 1. The van der Waals surface area contributed by atoms with Crippen LogP contribution in [0.1, 0.15) is 45.1 Å². The topological polar surface area (TPSA) is 108 Å². The highest BCUT2D eigenvalue weighted by molar-refractivity contribution is 5.76. The number of hydrogen-bond acceptors (Lipinski definition) is 5. The minimum atomic E-state index is -0.250. The first-order valence-corrected chi connectivity index (χ1v) is 10.4. The van der Waals surface area contributed by atoms with Gasteiger partial charge in [0.2, 0.25) is 11.8 Å². The van der Waals surface area contributed by atoms with Crippen LogP contribution in [-0.2, 0) is 20.8 Å². The first kappa shape index (κ1) is 25.4.